The van der Waals surface area contributed by atoms with Crippen LogP contribution in [-0.2, 0) is 0 Å². The lowest BCUT2D eigenvalue weighted by molar-refractivity contribution is 0.252. The van der Waals surface area contributed by atoms with Gasteiger partial charge in [-0.15, -0.1) is 0 Å². The molecule has 12 heavy (non-hydrogen) atoms. The van der Waals surface area contributed by atoms with Gasteiger partial charge in [0.2, 0.25) is 0 Å². The lowest BCUT2D eigenvalue weighted by atomic mass is 10.3. The summed E-state index contributed by atoms with van der Waals surface area (Å²) in [7, 11) is 0. The highest BCUT2D eigenvalue weighted by Gasteiger charge is 2.20. The summed E-state index contributed by atoms with van der Waals surface area (Å²) in [5, 5.41) is 2.74. The minimum atomic E-state index is -0.0128. The van der Waals surface area contributed by atoms with Crippen molar-refractivity contribution in [1.29, 1.82) is 0 Å². The quantitative estimate of drug-likeness (QED) is 0.655. The van der Waals surface area contributed by atoms with Crippen LogP contribution in [0.3, 0.4) is 0 Å². The third-order valence-electron chi connectivity index (χ3n) is 1.87. The van der Waals surface area contributed by atoms with Crippen LogP contribution in [0.2, 0.25) is 0 Å². The number of anilines is 1. The summed E-state index contributed by atoms with van der Waals surface area (Å²) in [6, 6.07) is 10.3. The van der Waals surface area contributed by atoms with E-state index >= 15 is 0 Å². The van der Waals surface area contributed by atoms with Gasteiger partial charge in [0.05, 0.1) is 0 Å². The molecule has 3 nitrogen and oxygen atoms in total. The van der Waals surface area contributed by atoms with E-state index in [2.05, 4.69) is 11.4 Å². The number of benzene rings is 1. The van der Waals surface area contributed by atoms with Crippen LogP contribution in [0.15, 0.2) is 24.3 Å². The van der Waals surface area contributed by atoms with Crippen molar-refractivity contribution >= 4 is 11.7 Å². The molecule has 0 aromatic heterocycles. The zero-order chi connectivity index (χ0) is 8.39. The van der Waals surface area contributed by atoms with Gasteiger partial charge >= 0.3 is 6.03 Å². The molecule has 1 radical (unpaired) electrons. The summed E-state index contributed by atoms with van der Waals surface area (Å²) in [5.74, 6) is 0. The summed E-state index contributed by atoms with van der Waals surface area (Å²) < 4.78 is 0. The van der Waals surface area contributed by atoms with Crippen molar-refractivity contribution in [3.63, 3.8) is 0 Å². The van der Waals surface area contributed by atoms with E-state index in [1.54, 1.807) is 17.0 Å². The van der Waals surface area contributed by atoms with E-state index < -0.39 is 0 Å². The summed E-state index contributed by atoms with van der Waals surface area (Å²) in [6.07, 6.45) is 0. The molecule has 1 N–H and O–H groups in total. The SMILES string of the molecule is O=C1NCCN1c1cc[c]cc1. The molecule has 0 aliphatic carbocycles. The molecule has 1 saturated heterocycles. The molecule has 1 aliphatic heterocycles. The van der Waals surface area contributed by atoms with Crippen molar-refractivity contribution in [2.24, 2.45) is 0 Å². The third kappa shape index (κ3) is 1.13. The largest absolute Gasteiger partial charge is 0.336 e. The van der Waals surface area contributed by atoms with Crippen LogP contribution in [0.5, 0.6) is 0 Å². The Bertz CT molecular complexity index is 284. The van der Waals surface area contributed by atoms with E-state index in [1.807, 2.05) is 12.1 Å². The van der Waals surface area contributed by atoms with Crippen LogP contribution < -0.4 is 10.2 Å². The molecule has 1 aliphatic rings. The third-order valence-corrected chi connectivity index (χ3v) is 1.87. The Labute approximate surface area is 71.0 Å². The van der Waals surface area contributed by atoms with Gasteiger partial charge in [-0.1, -0.05) is 12.1 Å². The van der Waals surface area contributed by atoms with Gasteiger partial charge in [-0.3, -0.25) is 4.90 Å². The predicted octanol–water partition coefficient (Wildman–Crippen LogP) is 1.02. The molecule has 1 fully saturated rings. The van der Waals surface area contributed by atoms with Gasteiger partial charge in [-0.05, 0) is 18.2 Å². The minimum absolute atomic E-state index is 0.0128. The maximum Gasteiger partial charge on any atom is 0.321 e. The molecule has 0 atom stereocenters. The number of urea groups is 1. The summed E-state index contributed by atoms with van der Waals surface area (Å²) in [5.41, 5.74) is 0.934. The lowest BCUT2D eigenvalue weighted by Crippen LogP contribution is -2.27. The molecule has 0 bridgehead atoms. The molecule has 0 unspecified atom stereocenters. The van der Waals surface area contributed by atoms with E-state index in [4.69, 9.17) is 0 Å². The van der Waals surface area contributed by atoms with Gasteiger partial charge in [-0.25, -0.2) is 4.79 Å². The highest BCUT2D eigenvalue weighted by molar-refractivity contribution is 5.93. The van der Waals surface area contributed by atoms with E-state index in [9.17, 15) is 4.79 Å². The zero-order valence-corrected chi connectivity index (χ0v) is 6.58. The van der Waals surface area contributed by atoms with E-state index in [-0.39, 0.29) is 6.03 Å². The van der Waals surface area contributed by atoms with Crippen molar-refractivity contribution in [3.8, 4) is 0 Å². The average Bonchev–Trinajstić information content (AvgIpc) is 2.53. The monoisotopic (exact) mass is 161 g/mol. The van der Waals surface area contributed by atoms with Crippen molar-refractivity contribution in [2.75, 3.05) is 18.0 Å². The van der Waals surface area contributed by atoms with E-state index in [0.29, 0.717) is 0 Å². The summed E-state index contributed by atoms with van der Waals surface area (Å²) in [6.45, 7) is 1.49. The number of nitrogens with one attached hydrogen (secondary N) is 1. The first kappa shape index (κ1) is 7.16. The number of amides is 2. The Morgan fingerprint density at radius 2 is 2.17 bits per heavy atom. The molecule has 2 rings (SSSR count). The first-order valence-corrected chi connectivity index (χ1v) is 3.89. The summed E-state index contributed by atoms with van der Waals surface area (Å²) in [4.78, 5) is 12.9. The van der Waals surface area contributed by atoms with Gasteiger partial charge in [-0.2, -0.15) is 0 Å². The number of carbonyl (C=O) groups excluding carboxylic acids is 1. The fourth-order valence-electron chi connectivity index (χ4n) is 1.28. The number of carbonyl (C=O) groups is 1. The molecule has 1 heterocycles. The van der Waals surface area contributed by atoms with E-state index in [0.717, 1.165) is 18.8 Å². The second kappa shape index (κ2) is 2.85. The molecular formula is C9H9N2O. The van der Waals surface area contributed by atoms with Crippen molar-refractivity contribution in [1.82, 2.24) is 5.32 Å². The average molecular weight is 161 g/mol. The number of rotatable bonds is 1. The van der Waals surface area contributed by atoms with Gasteiger partial charge in [0.15, 0.2) is 0 Å². The van der Waals surface area contributed by atoms with Crippen LogP contribution >= 0.6 is 0 Å². The van der Waals surface area contributed by atoms with Crippen LogP contribution in [-0.4, -0.2) is 19.1 Å². The Kier molecular flexibility index (Phi) is 1.70. The first-order chi connectivity index (χ1) is 5.88. The second-order valence-electron chi connectivity index (χ2n) is 2.64. The van der Waals surface area contributed by atoms with Gasteiger partial charge in [0.25, 0.3) is 0 Å². The highest BCUT2D eigenvalue weighted by Crippen LogP contribution is 2.14. The molecular weight excluding hydrogens is 152 g/mol. The topological polar surface area (TPSA) is 32.3 Å². The number of hydrogen-bond donors (Lipinski definition) is 1. The second-order valence-corrected chi connectivity index (χ2v) is 2.64. The minimum Gasteiger partial charge on any atom is -0.336 e. The summed E-state index contributed by atoms with van der Waals surface area (Å²) >= 11 is 0. The van der Waals surface area contributed by atoms with Crippen molar-refractivity contribution in [2.45, 2.75) is 0 Å². The lowest BCUT2D eigenvalue weighted by Gasteiger charge is -2.12. The van der Waals surface area contributed by atoms with Crippen LogP contribution in [0, 0.1) is 6.07 Å². The Hall–Kier alpha value is -1.51. The van der Waals surface area contributed by atoms with Crippen molar-refractivity contribution in [3.05, 3.63) is 30.3 Å². The number of hydrogen-bond acceptors (Lipinski definition) is 1. The van der Waals surface area contributed by atoms with E-state index in [1.165, 1.54) is 0 Å². The maximum absolute atomic E-state index is 11.2. The molecule has 0 spiro atoms. The number of nitrogens with zero attached hydrogens (tertiary/aromatic N) is 1. The highest BCUT2D eigenvalue weighted by atomic mass is 16.2. The smallest absolute Gasteiger partial charge is 0.321 e. The standard InChI is InChI=1S/C9H9N2O/c12-9-10-6-7-11(9)8-4-2-1-3-5-8/h2-5H,6-7H2,(H,10,12). The zero-order valence-electron chi connectivity index (χ0n) is 6.58. The van der Waals surface area contributed by atoms with Crippen LogP contribution in [0.4, 0.5) is 10.5 Å². The van der Waals surface area contributed by atoms with Gasteiger partial charge in [0.1, 0.15) is 0 Å². The predicted molar refractivity (Wildman–Crippen MR) is 46.0 cm³/mol. The van der Waals surface area contributed by atoms with Crippen LogP contribution in [0.1, 0.15) is 0 Å². The molecule has 1 aromatic rings. The normalized spacial score (nSPS) is 16.3. The fourth-order valence-corrected chi connectivity index (χ4v) is 1.28. The molecule has 3 heteroatoms. The first-order valence-electron chi connectivity index (χ1n) is 3.89. The molecule has 2 amide bonds. The molecule has 1 aromatic carbocycles. The van der Waals surface area contributed by atoms with Crippen LogP contribution in [0.25, 0.3) is 0 Å². The van der Waals surface area contributed by atoms with Gasteiger partial charge < -0.3 is 5.32 Å². The Morgan fingerprint density at radius 3 is 2.75 bits per heavy atom. The Balaban J connectivity index is 2.25. The maximum atomic E-state index is 11.2. The fraction of sp³-hybridized carbons (Fsp3) is 0.222. The van der Waals surface area contributed by atoms with Crippen molar-refractivity contribution < 1.29 is 4.79 Å². The van der Waals surface area contributed by atoms with Gasteiger partial charge in [0, 0.05) is 18.8 Å². The molecule has 61 valence electrons. The molecule has 0 saturated carbocycles. The Morgan fingerprint density at radius 1 is 1.42 bits per heavy atom.